The number of anilines is 1. The lowest BCUT2D eigenvalue weighted by atomic mass is 9.92. The van der Waals surface area contributed by atoms with Crippen molar-refractivity contribution >= 4 is 44.0 Å². The van der Waals surface area contributed by atoms with Gasteiger partial charge in [0.05, 0.1) is 10.2 Å². The van der Waals surface area contributed by atoms with Crippen LogP contribution in [0.15, 0.2) is 23.7 Å². The van der Waals surface area contributed by atoms with Gasteiger partial charge in [-0.3, -0.25) is 0 Å². The Hall–Kier alpha value is -2.37. The third kappa shape index (κ3) is 2.90. The van der Waals surface area contributed by atoms with Crippen LogP contribution in [0.1, 0.15) is 6.42 Å². The van der Waals surface area contributed by atoms with E-state index in [-0.39, 0.29) is 5.75 Å². The van der Waals surface area contributed by atoms with Gasteiger partial charge in [0, 0.05) is 42.3 Å². The first-order valence-electron chi connectivity index (χ1n) is 8.55. The van der Waals surface area contributed by atoms with Gasteiger partial charge in [-0.05, 0) is 18.6 Å². The fourth-order valence-electron chi connectivity index (χ4n) is 3.57. The second-order valence-electron chi connectivity index (χ2n) is 6.75. The molecule has 2 bridgehead atoms. The normalized spacial score (nSPS) is 21.6. The number of nitrogens with one attached hydrogen (secondary N) is 1. The van der Waals surface area contributed by atoms with Crippen LogP contribution in [0.4, 0.5) is 13.9 Å². The van der Waals surface area contributed by atoms with Gasteiger partial charge in [-0.15, -0.1) is 11.3 Å². The highest BCUT2D eigenvalue weighted by atomic mass is 32.1. The van der Waals surface area contributed by atoms with E-state index in [2.05, 4.69) is 19.9 Å². The number of hydrogen-bond donors (Lipinski definition) is 2. The Morgan fingerprint density at radius 3 is 2.75 bits per heavy atom. The smallest absolute Gasteiger partial charge is 0.474 e. The zero-order chi connectivity index (χ0) is 19.5. The maximum Gasteiger partial charge on any atom is 0.501 e. The Labute approximate surface area is 165 Å². The van der Waals surface area contributed by atoms with Crippen LogP contribution in [0, 0.1) is 0 Å². The minimum Gasteiger partial charge on any atom is -0.474 e. The number of carboxylic acid groups (broad SMARTS) is 1. The summed E-state index contributed by atoms with van der Waals surface area (Å²) < 4.78 is 32.3. The van der Waals surface area contributed by atoms with Gasteiger partial charge >= 0.3 is 12.1 Å². The summed E-state index contributed by atoms with van der Waals surface area (Å²) in [6.45, 7) is 1.59. The molecule has 0 spiro atoms. The van der Waals surface area contributed by atoms with E-state index in [1.807, 2.05) is 5.38 Å². The van der Waals surface area contributed by atoms with Crippen molar-refractivity contribution in [3.05, 3.63) is 23.7 Å². The molecular formula is C17H14F2N4O3S2. The van der Waals surface area contributed by atoms with Crippen molar-refractivity contribution in [3.63, 3.8) is 0 Å². The van der Waals surface area contributed by atoms with Gasteiger partial charge in [-0.2, -0.15) is 8.78 Å². The Kier molecular flexibility index (Phi) is 4.00. The SMILES string of the molecule is O=C(O)C(F)(F)Oc1ccc(-c2nccs2)c2nc(N3CC4CC(C3)N4)sc12. The molecule has 3 aliphatic heterocycles. The molecule has 3 aliphatic rings. The molecule has 0 radical (unpaired) electrons. The quantitative estimate of drug-likeness (QED) is 0.651. The number of aliphatic carboxylic acids is 1. The Balaban J connectivity index is 1.61. The molecule has 3 aromatic rings. The standard InChI is InChI=1S/C17H14F2N4O3S2/c18-17(19,15(24)25)26-11-2-1-10(14-20-3-4-27-14)12-13(11)28-16(22-12)23-6-8-5-9(7-23)21-8/h1-4,8-9,21H,5-7H2,(H,24,25). The first-order chi connectivity index (χ1) is 13.4. The van der Waals surface area contributed by atoms with Crippen LogP contribution in [0.25, 0.3) is 20.8 Å². The van der Waals surface area contributed by atoms with E-state index in [1.165, 1.54) is 28.7 Å². The number of alkyl halides is 2. The number of piperidine rings is 1. The number of carbonyl (C=O) groups is 1. The Morgan fingerprint density at radius 2 is 2.11 bits per heavy atom. The van der Waals surface area contributed by atoms with Gasteiger partial charge in [0.25, 0.3) is 0 Å². The number of halogens is 2. The van der Waals surface area contributed by atoms with Crippen molar-refractivity contribution in [1.82, 2.24) is 15.3 Å². The molecule has 2 atom stereocenters. The van der Waals surface area contributed by atoms with Crippen LogP contribution in [0.5, 0.6) is 5.75 Å². The average Bonchev–Trinajstić information content (AvgIpc) is 3.31. The molecule has 2 N–H and O–H groups in total. The van der Waals surface area contributed by atoms with Gasteiger partial charge in [0.15, 0.2) is 5.13 Å². The number of nitrogens with zero attached hydrogens (tertiary/aromatic N) is 3. The summed E-state index contributed by atoms with van der Waals surface area (Å²) in [5.41, 5.74) is 1.19. The highest BCUT2D eigenvalue weighted by Crippen LogP contribution is 2.43. The zero-order valence-corrected chi connectivity index (χ0v) is 15.9. The molecule has 11 heteroatoms. The first-order valence-corrected chi connectivity index (χ1v) is 10.2. The van der Waals surface area contributed by atoms with Crippen molar-refractivity contribution < 1.29 is 23.4 Å². The fourth-order valence-corrected chi connectivity index (χ4v) is 5.29. The van der Waals surface area contributed by atoms with Crippen molar-refractivity contribution in [2.75, 3.05) is 18.0 Å². The lowest BCUT2D eigenvalue weighted by Gasteiger charge is -2.48. The molecule has 28 heavy (non-hydrogen) atoms. The molecule has 3 fully saturated rings. The van der Waals surface area contributed by atoms with Crippen LogP contribution in [0.3, 0.4) is 0 Å². The second-order valence-corrected chi connectivity index (χ2v) is 8.62. The summed E-state index contributed by atoms with van der Waals surface area (Å²) in [6, 6.07) is 3.77. The maximum absolute atomic E-state index is 13.7. The maximum atomic E-state index is 13.7. The van der Waals surface area contributed by atoms with Crippen LogP contribution in [-0.4, -0.2) is 52.3 Å². The van der Waals surface area contributed by atoms with Crippen molar-refractivity contribution in [3.8, 4) is 16.3 Å². The molecular weight excluding hydrogens is 410 g/mol. The molecule has 2 unspecified atom stereocenters. The number of piperazine rings is 1. The molecule has 0 aliphatic carbocycles. The Morgan fingerprint density at radius 1 is 1.36 bits per heavy atom. The topological polar surface area (TPSA) is 87.6 Å². The number of thiazole rings is 2. The number of rotatable bonds is 5. The van der Waals surface area contributed by atoms with Gasteiger partial charge in [0.2, 0.25) is 0 Å². The van der Waals surface area contributed by atoms with Gasteiger partial charge < -0.3 is 20.1 Å². The average molecular weight is 424 g/mol. The minimum absolute atomic E-state index is 0.202. The monoisotopic (exact) mass is 424 g/mol. The lowest BCUT2D eigenvalue weighted by molar-refractivity contribution is -0.210. The van der Waals surface area contributed by atoms with E-state index >= 15 is 0 Å². The molecule has 7 nitrogen and oxygen atoms in total. The van der Waals surface area contributed by atoms with Crippen molar-refractivity contribution in [2.24, 2.45) is 0 Å². The summed E-state index contributed by atoms with van der Waals surface area (Å²) in [4.78, 5) is 21.9. The van der Waals surface area contributed by atoms with Crippen molar-refractivity contribution in [1.29, 1.82) is 0 Å². The third-order valence-corrected chi connectivity index (χ3v) is 6.78. The summed E-state index contributed by atoms with van der Waals surface area (Å²) in [5, 5.41) is 15.4. The molecule has 0 saturated carbocycles. The highest BCUT2D eigenvalue weighted by molar-refractivity contribution is 7.22. The van der Waals surface area contributed by atoms with E-state index in [1.54, 1.807) is 12.3 Å². The molecule has 2 aromatic heterocycles. The van der Waals surface area contributed by atoms with Crippen LogP contribution in [-0.2, 0) is 4.79 Å². The van der Waals surface area contributed by atoms with Gasteiger partial charge in [-0.25, -0.2) is 14.8 Å². The van der Waals surface area contributed by atoms with E-state index < -0.39 is 12.1 Å². The predicted molar refractivity (Wildman–Crippen MR) is 101 cm³/mol. The third-order valence-electron chi connectivity index (χ3n) is 4.84. The number of hydrogen-bond acceptors (Lipinski definition) is 8. The van der Waals surface area contributed by atoms with Gasteiger partial charge in [0.1, 0.15) is 10.8 Å². The van der Waals surface area contributed by atoms with E-state index in [0.29, 0.717) is 38.0 Å². The van der Waals surface area contributed by atoms with Crippen molar-refractivity contribution in [2.45, 2.75) is 24.6 Å². The summed E-state index contributed by atoms with van der Waals surface area (Å²) in [6.07, 6.45) is -1.53. The molecule has 3 saturated heterocycles. The summed E-state index contributed by atoms with van der Waals surface area (Å²) >= 11 is 2.64. The zero-order valence-electron chi connectivity index (χ0n) is 14.3. The van der Waals surface area contributed by atoms with Gasteiger partial charge in [-0.1, -0.05) is 11.3 Å². The molecule has 6 rings (SSSR count). The minimum atomic E-state index is -4.32. The fraction of sp³-hybridized carbons (Fsp3) is 0.353. The molecule has 146 valence electrons. The molecule has 0 amide bonds. The Bertz CT molecular complexity index is 1040. The largest absolute Gasteiger partial charge is 0.501 e. The predicted octanol–water partition coefficient (Wildman–Crippen LogP) is 3.03. The summed E-state index contributed by atoms with van der Waals surface area (Å²) in [7, 11) is 0. The number of carboxylic acids is 1. The first kappa shape index (κ1) is 17.7. The second kappa shape index (κ2) is 6.33. The van der Waals surface area contributed by atoms with E-state index in [0.717, 1.165) is 19.5 Å². The highest BCUT2D eigenvalue weighted by Gasteiger charge is 2.43. The molecule has 1 aromatic carbocycles. The van der Waals surface area contributed by atoms with Crippen LogP contribution in [0.2, 0.25) is 0 Å². The van der Waals surface area contributed by atoms with E-state index in [9.17, 15) is 13.6 Å². The van der Waals surface area contributed by atoms with Crippen LogP contribution < -0.4 is 15.0 Å². The lowest BCUT2D eigenvalue weighted by Crippen LogP contribution is -2.67. The number of fused-ring (bicyclic) bond motifs is 3. The molecule has 5 heterocycles. The number of ether oxygens (including phenoxy) is 1. The number of aromatic nitrogens is 2. The summed E-state index contributed by atoms with van der Waals surface area (Å²) in [5.74, 6) is -2.54. The number of benzene rings is 1. The van der Waals surface area contributed by atoms with E-state index in [4.69, 9.17) is 10.1 Å². The van der Waals surface area contributed by atoms with Crippen LogP contribution >= 0.6 is 22.7 Å².